The molecule has 2 heterocycles. The van der Waals surface area contributed by atoms with Crippen LogP contribution in [0.3, 0.4) is 0 Å². The zero-order valence-corrected chi connectivity index (χ0v) is 17.3. The van der Waals surface area contributed by atoms with Gasteiger partial charge in [0.15, 0.2) is 11.5 Å². The molecule has 0 N–H and O–H groups in total. The van der Waals surface area contributed by atoms with Crippen LogP contribution in [0.5, 0.6) is 11.5 Å². The maximum absolute atomic E-state index is 13.6. The molecule has 2 fully saturated rings. The highest BCUT2D eigenvalue weighted by atomic mass is 16.5. The largest absolute Gasteiger partial charge is 0.493 e. The van der Waals surface area contributed by atoms with Crippen molar-refractivity contribution in [1.82, 2.24) is 4.90 Å². The number of allylic oxidation sites excluding steroid dienone is 1. The molecular weight excluding hydrogens is 352 g/mol. The molecule has 0 saturated carbocycles. The number of fused-ring (bicyclic) bond motifs is 1. The van der Waals surface area contributed by atoms with E-state index in [1.165, 1.54) is 0 Å². The average Bonchev–Trinajstić information content (AvgIpc) is 3.11. The maximum atomic E-state index is 13.6. The highest BCUT2D eigenvalue weighted by Crippen LogP contribution is 2.40. The van der Waals surface area contributed by atoms with Crippen LogP contribution in [0.25, 0.3) is 0 Å². The number of urea groups is 1. The summed E-state index contributed by atoms with van der Waals surface area (Å²) in [5.74, 6) is 1.31. The van der Waals surface area contributed by atoms with Gasteiger partial charge in [0.25, 0.3) is 0 Å². The number of carbonyl (C=O) groups excluding carboxylic acids is 1. The summed E-state index contributed by atoms with van der Waals surface area (Å²) >= 11 is 0. The molecule has 5 heteroatoms. The third-order valence-corrected chi connectivity index (χ3v) is 5.85. The van der Waals surface area contributed by atoms with Crippen molar-refractivity contribution in [2.75, 3.05) is 19.1 Å². The molecule has 2 saturated heterocycles. The Morgan fingerprint density at radius 2 is 1.89 bits per heavy atom. The molecule has 3 atom stereocenters. The summed E-state index contributed by atoms with van der Waals surface area (Å²) in [7, 11) is 3.24. The minimum absolute atomic E-state index is 0.0997. The summed E-state index contributed by atoms with van der Waals surface area (Å²) in [5.41, 5.74) is 0.861. The first-order valence-corrected chi connectivity index (χ1v) is 10.2. The van der Waals surface area contributed by atoms with E-state index in [4.69, 9.17) is 9.47 Å². The number of nitrogens with zero attached hydrogens (tertiary/aromatic N) is 2. The minimum atomic E-state index is 0.0997. The molecule has 0 aliphatic carbocycles. The fourth-order valence-electron chi connectivity index (χ4n) is 4.55. The van der Waals surface area contributed by atoms with Gasteiger partial charge in [0.2, 0.25) is 0 Å². The van der Waals surface area contributed by atoms with E-state index in [1.54, 1.807) is 14.2 Å². The Balaban J connectivity index is 1.96. The topological polar surface area (TPSA) is 42.0 Å². The van der Waals surface area contributed by atoms with Crippen molar-refractivity contribution in [2.45, 2.75) is 63.6 Å². The number of methoxy groups -OCH3 is 2. The Kier molecular flexibility index (Phi) is 6.65. The molecule has 3 rings (SSSR count). The first-order chi connectivity index (χ1) is 13.6. The van der Waals surface area contributed by atoms with Gasteiger partial charge in [-0.05, 0) is 50.7 Å². The summed E-state index contributed by atoms with van der Waals surface area (Å²) in [6.45, 7) is 6.01. The molecule has 0 aromatic heterocycles. The zero-order chi connectivity index (χ0) is 20.1. The first kappa shape index (κ1) is 20.3. The quantitative estimate of drug-likeness (QED) is 0.581. The van der Waals surface area contributed by atoms with Gasteiger partial charge in [-0.1, -0.05) is 25.2 Å². The molecular formula is C23H32N2O3. The molecule has 3 unspecified atom stereocenters. The van der Waals surface area contributed by atoms with Gasteiger partial charge in [-0.15, -0.1) is 6.58 Å². The molecule has 0 bridgehead atoms. The molecule has 5 nitrogen and oxygen atoms in total. The van der Waals surface area contributed by atoms with Crippen LogP contribution in [0.2, 0.25) is 0 Å². The second-order valence-corrected chi connectivity index (χ2v) is 7.51. The lowest BCUT2D eigenvalue weighted by atomic mass is 9.97. The summed E-state index contributed by atoms with van der Waals surface area (Å²) in [6.07, 6.45) is 12.2. The van der Waals surface area contributed by atoms with Gasteiger partial charge in [0, 0.05) is 29.9 Å². The number of benzene rings is 1. The van der Waals surface area contributed by atoms with Gasteiger partial charge in [0.1, 0.15) is 0 Å². The van der Waals surface area contributed by atoms with Crippen LogP contribution >= 0.6 is 0 Å². The van der Waals surface area contributed by atoms with Crippen LogP contribution < -0.4 is 14.4 Å². The van der Waals surface area contributed by atoms with Crippen molar-refractivity contribution in [3.8, 4) is 11.5 Å². The molecule has 2 aliphatic rings. The van der Waals surface area contributed by atoms with Crippen LogP contribution in [-0.4, -0.2) is 43.3 Å². The standard InChI is InChI=1S/C23H32N2O3/c1-5-7-8-10-18-15-19-12-11-17(9-6-2)24(19)23(26)25(18)20-13-14-21(27-3)22(16-20)28-4/h6-8,13-14,16-19H,2,5,9-12,15H2,1,3-4H3/b8-7-. The monoisotopic (exact) mass is 384 g/mol. The second-order valence-electron chi connectivity index (χ2n) is 7.51. The highest BCUT2D eigenvalue weighted by molar-refractivity contribution is 5.94. The number of carbonyl (C=O) groups is 1. The Labute approximate surface area is 168 Å². The molecule has 152 valence electrons. The Bertz CT molecular complexity index is 731. The number of ether oxygens (including phenoxy) is 2. The number of hydrogen-bond donors (Lipinski definition) is 0. The normalized spacial score (nSPS) is 24.5. The number of rotatable bonds is 8. The lowest BCUT2D eigenvalue weighted by molar-refractivity contribution is 0.153. The fraction of sp³-hybridized carbons (Fsp3) is 0.522. The van der Waals surface area contributed by atoms with E-state index in [1.807, 2.05) is 29.2 Å². The van der Waals surface area contributed by atoms with Crippen LogP contribution in [-0.2, 0) is 0 Å². The van der Waals surface area contributed by atoms with Gasteiger partial charge in [0.05, 0.1) is 14.2 Å². The molecule has 2 amide bonds. The van der Waals surface area contributed by atoms with Gasteiger partial charge < -0.3 is 14.4 Å². The van der Waals surface area contributed by atoms with Crippen molar-refractivity contribution in [3.63, 3.8) is 0 Å². The van der Waals surface area contributed by atoms with E-state index in [0.717, 1.165) is 44.2 Å². The van der Waals surface area contributed by atoms with E-state index in [0.29, 0.717) is 17.5 Å². The third kappa shape index (κ3) is 3.89. The van der Waals surface area contributed by atoms with E-state index in [-0.39, 0.29) is 18.1 Å². The van der Waals surface area contributed by atoms with Crippen molar-refractivity contribution in [2.24, 2.45) is 0 Å². The summed E-state index contributed by atoms with van der Waals surface area (Å²) in [6, 6.07) is 6.57. The lowest BCUT2D eigenvalue weighted by Crippen LogP contribution is -2.58. The van der Waals surface area contributed by atoms with Crippen molar-refractivity contribution < 1.29 is 14.3 Å². The number of anilines is 1. The lowest BCUT2D eigenvalue weighted by Gasteiger charge is -2.45. The third-order valence-electron chi connectivity index (χ3n) is 5.85. The minimum Gasteiger partial charge on any atom is -0.493 e. The highest BCUT2D eigenvalue weighted by Gasteiger charge is 2.45. The smallest absolute Gasteiger partial charge is 0.325 e. The molecule has 0 radical (unpaired) electrons. The molecule has 28 heavy (non-hydrogen) atoms. The predicted molar refractivity (Wildman–Crippen MR) is 113 cm³/mol. The Morgan fingerprint density at radius 3 is 2.57 bits per heavy atom. The van der Waals surface area contributed by atoms with E-state index >= 15 is 0 Å². The molecule has 0 spiro atoms. The molecule has 2 aliphatic heterocycles. The Morgan fingerprint density at radius 1 is 1.11 bits per heavy atom. The van der Waals surface area contributed by atoms with E-state index < -0.39 is 0 Å². The van der Waals surface area contributed by atoms with Gasteiger partial charge >= 0.3 is 6.03 Å². The van der Waals surface area contributed by atoms with Gasteiger partial charge in [-0.25, -0.2) is 4.79 Å². The van der Waals surface area contributed by atoms with Crippen molar-refractivity contribution in [1.29, 1.82) is 0 Å². The number of hydrogen-bond acceptors (Lipinski definition) is 3. The van der Waals surface area contributed by atoms with Crippen LogP contribution in [0.15, 0.2) is 43.0 Å². The van der Waals surface area contributed by atoms with Crippen LogP contribution in [0.4, 0.5) is 10.5 Å². The maximum Gasteiger partial charge on any atom is 0.325 e. The summed E-state index contributed by atoms with van der Waals surface area (Å²) in [4.78, 5) is 17.7. The summed E-state index contributed by atoms with van der Waals surface area (Å²) < 4.78 is 10.8. The SMILES string of the molecule is C=CCC1CCC2CC(C/C=C\CC)N(c3ccc(OC)c(OC)c3)C(=O)N12. The fourth-order valence-corrected chi connectivity index (χ4v) is 4.55. The average molecular weight is 385 g/mol. The second kappa shape index (κ2) is 9.18. The predicted octanol–water partition coefficient (Wildman–Crippen LogP) is 5.17. The van der Waals surface area contributed by atoms with Crippen LogP contribution in [0.1, 0.15) is 45.4 Å². The van der Waals surface area contributed by atoms with Crippen LogP contribution in [0, 0.1) is 0 Å². The molecule has 1 aromatic rings. The van der Waals surface area contributed by atoms with Gasteiger partial charge in [-0.3, -0.25) is 4.90 Å². The van der Waals surface area contributed by atoms with Crippen molar-refractivity contribution in [3.05, 3.63) is 43.0 Å². The van der Waals surface area contributed by atoms with Crippen molar-refractivity contribution >= 4 is 11.7 Å². The van der Waals surface area contributed by atoms with E-state index in [2.05, 4.69) is 30.6 Å². The summed E-state index contributed by atoms with van der Waals surface area (Å²) in [5, 5.41) is 0. The molecule has 1 aromatic carbocycles. The number of amides is 2. The first-order valence-electron chi connectivity index (χ1n) is 10.2. The van der Waals surface area contributed by atoms with Gasteiger partial charge in [-0.2, -0.15) is 0 Å². The Hall–Kier alpha value is -2.43. The zero-order valence-electron chi connectivity index (χ0n) is 17.3. The van der Waals surface area contributed by atoms with E-state index in [9.17, 15) is 4.79 Å².